The predicted molar refractivity (Wildman–Crippen MR) is 180 cm³/mol. The normalized spacial score (nSPS) is 8.21. The van der Waals surface area contributed by atoms with Gasteiger partial charge >= 0.3 is 0 Å². The number of carboxylic acid groups (broad SMARTS) is 4. The van der Waals surface area contributed by atoms with Crippen molar-refractivity contribution in [1.82, 2.24) is 21.3 Å². The summed E-state index contributed by atoms with van der Waals surface area (Å²) in [5, 5.41) is 106. The van der Waals surface area contributed by atoms with Gasteiger partial charge in [0.2, 0.25) is 0 Å². The number of carbonyl (C=O) groups is 4. The average Bonchev–Trinajstić information content (AvgIpc) is 2.98. The van der Waals surface area contributed by atoms with E-state index in [1.807, 2.05) is 0 Å². The third-order valence-electron chi connectivity index (χ3n) is 2.48. The zero-order chi connectivity index (χ0) is 39.9. The van der Waals surface area contributed by atoms with Gasteiger partial charge in [0.25, 0.3) is 23.9 Å². The first kappa shape index (κ1) is 67.5. The molecule has 0 radical (unpaired) electrons. The Morgan fingerprint density at radius 3 is 0.479 bits per heavy atom. The minimum Gasteiger partial charge on any atom is -0.481 e. The highest BCUT2D eigenvalue weighted by molar-refractivity contribution is 5.63. The van der Waals surface area contributed by atoms with Gasteiger partial charge in [-0.3, -0.25) is 19.2 Å². The van der Waals surface area contributed by atoms with Crippen LogP contribution in [0.2, 0.25) is 0 Å². The van der Waals surface area contributed by atoms with Crippen LogP contribution >= 0.6 is 0 Å². The van der Waals surface area contributed by atoms with Crippen LogP contribution < -0.4 is 32.7 Å². The third-order valence-corrected chi connectivity index (χ3v) is 2.48. The number of nitrogens with one attached hydrogen (secondary N) is 4. The molecule has 0 fully saturated rings. The Kier molecular flexibility index (Phi) is 119. The number of aliphatic carboxylic acids is 4. The number of aliphatic hydroxyl groups excluding tert-OH is 8. The number of carboxylic acids is 4. The molecule has 0 rings (SSSR count). The van der Waals surface area contributed by atoms with E-state index in [0.717, 1.165) is 27.7 Å². The number of hydrogen-bond donors (Lipinski definition) is 18. The molecule has 0 atom stereocenters. The standard InChI is InChI=1S/4C4H11NO2.C2H8N2.4C2H4O2/c4*6-3-1-5-2-4-7;3-1-2-4;4*1-2(3)4/h4*5-7H,1-4H2;1-4H2;4*1H3,(H,3,4). The van der Waals surface area contributed by atoms with E-state index in [2.05, 4.69) is 21.3 Å². The maximum absolute atomic E-state index is 9.00. The molecule has 0 aliphatic heterocycles. The second kappa shape index (κ2) is 84.8. The van der Waals surface area contributed by atoms with Crippen molar-refractivity contribution in [1.29, 1.82) is 0 Å². The molecule has 0 bridgehead atoms. The van der Waals surface area contributed by atoms with E-state index in [-0.39, 0.29) is 52.9 Å². The van der Waals surface area contributed by atoms with Crippen molar-refractivity contribution < 1.29 is 80.5 Å². The Morgan fingerprint density at radius 1 is 0.354 bits per heavy atom. The molecule has 298 valence electrons. The molecule has 0 spiro atoms. The smallest absolute Gasteiger partial charge is 0.300 e. The highest BCUT2D eigenvalue weighted by Gasteiger charge is 1.80. The fourth-order valence-electron chi connectivity index (χ4n) is 1.13. The zero-order valence-electron chi connectivity index (χ0n) is 28.9. The summed E-state index contributed by atoms with van der Waals surface area (Å²) in [6, 6.07) is 0. The van der Waals surface area contributed by atoms with E-state index in [9.17, 15) is 0 Å². The fourth-order valence-corrected chi connectivity index (χ4v) is 1.13. The Bertz CT molecular complexity index is 437. The molecule has 0 saturated heterocycles. The summed E-state index contributed by atoms with van der Waals surface area (Å²) in [4.78, 5) is 36.0. The van der Waals surface area contributed by atoms with Gasteiger partial charge < -0.3 is 94.0 Å². The second-order valence-corrected chi connectivity index (χ2v) is 7.44. The summed E-state index contributed by atoms with van der Waals surface area (Å²) < 4.78 is 0. The van der Waals surface area contributed by atoms with Crippen LogP contribution in [0.5, 0.6) is 0 Å². The summed E-state index contributed by atoms with van der Waals surface area (Å²) in [5.74, 6) is -3.33. The maximum Gasteiger partial charge on any atom is 0.300 e. The van der Waals surface area contributed by atoms with Crippen molar-refractivity contribution in [3.63, 3.8) is 0 Å². The number of aliphatic hydroxyl groups is 8. The molecule has 0 aliphatic carbocycles. The van der Waals surface area contributed by atoms with E-state index >= 15 is 0 Å². The molecule has 48 heavy (non-hydrogen) atoms. The largest absolute Gasteiger partial charge is 0.481 e. The van der Waals surface area contributed by atoms with Gasteiger partial charge in [-0.15, -0.1) is 0 Å². The van der Waals surface area contributed by atoms with Crippen LogP contribution in [0, 0.1) is 0 Å². The van der Waals surface area contributed by atoms with E-state index in [0.29, 0.717) is 65.4 Å². The molecule has 0 heterocycles. The van der Waals surface area contributed by atoms with Crippen molar-refractivity contribution in [2.45, 2.75) is 27.7 Å². The molecule has 0 aromatic rings. The van der Waals surface area contributed by atoms with Crippen LogP contribution in [0.3, 0.4) is 0 Å². The van der Waals surface area contributed by atoms with Gasteiger partial charge in [-0.1, -0.05) is 0 Å². The van der Waals surface area contributed by atoms with Gasteiger partial charge in [0, 0.05) is 93.1 Å². The maximum atomic E-state index is 9.00. The minimum atomic E-state index is -0.833. The number of nitrogens with two attached hydrogens (primary N) is 2. The molecule has 22 heteroatoms. The summed E-state index contributed by atoms with van der Waals surface area (Å²) in [6.07, 6.45) is 0. The lowest BCUT2D eigenvalue weighted by Crippen LogP contribution is -2.21. The number of rotatable bonds is 17. The Labute approximate surface area is 283 Å². The summed E-state index contributed by atoms with van der Waals surface area (Å²) >= 11 is 0. The fraction of sp³-hybridized carbons (Fsp3) is 0.846. The quantitative estimate of drug-likeness (QED) is 0.0621. The van der Waals surface area contributed by atoms with Crippen molar-refractivity contribution in [3.8, 4) is 0 Å². The first-order valence-corrected chi connectivity index (χ1v) is 14.4. The molecular weight excluding hydrogens is 652 g/mol. The summed E-state index contributed by atoms with van der Waals surface area (Å²) in [7, 11) is 0. The SMILES string of the molecule is CC(=O)O.CC(=O)O.CC(=O)O.CC(=O)O.NCCN.OCCNCCO.OCCNCCO.OCCNCCO.OCCNCCO. The van der Waals surface area contributed by atoms with Crippen molar-refractivity contribution in [3.05, 3.63) is 0 Å². The van der Waals surface area contributed by atoms with Gasteiger partial charge in [0.15, 0.2) is 0 Å². The predicted octanol–water partition coefficient (Wildman–Crippen LogP) is -6.49. The van der Waals surface area contributed by atoms with Crippen LogP contribution in [0.25, 0.3) is 0 Å². The first-order chi connectivity index (χ1) is 22.5. The lowest BCUT2D eigenvalue weighted by molar-refractivity contribution is -0.135. The van der Waals surface area contributed by atoms with Crippen molar-refractivity contribution in [2.24, 2.45) is 11.5 Å². The first-order valence-electron chi connectivity index (χ1n) is 14.4. The summed E-state index contributed by atoms with van der Waals surface area (Å²) in [6.45, 7) is 11.2. The minimum absolute atomic E-state index is 0.139. The topological polar surface area (TPSA) is 411 Å². The molecule has 0 amide bonds. The molecule has 0 saturated carbocycles. The lowest BCUT2D eigenvalue weighted by atomic mass is 10.6. The molecule has 0 aromatic heterocycles. The second-order valence-electron chi connectivity index (χ2n) is 7.44. The highest BCUT2D eigenvalue weighted by Crippen LogP contribution is 1.56. The van der Waals surface area contributed by atoms with Gasteiger partial charge in [0.1, 0.15) is 0 Å². The molecule has 20 N–H and O–H groups in total. The highest BCUT2D eigenvalue weighted by atomic mass is 16.4. The van der Waals surface area contributed by atoms with Gasteiger partial charge in [-0.2, -0.15) is 0 Å². The van der Waals surface area contributed by atoms with E-state index in [1.165, 1.54) is 0 Å². The Hall–Kier alpha value is -2.68. The molecule has 0 aliphatic rings. The Balaban J connectivity index is -0.0000000516. The van der Waals surface area contributed by atoms with E-state index in [1.54, 1.807) is 0 Å². The van der Waals surface area contributed by atoms with Crippen molar-refractivity contribution >= 4 is 23.9 Å². The Morgan fingerprint density at radius 2 is 0.438 bits per heavy atom. The average molecular weight is 721 g/mol. The van der Waals surface area contributed by atoms with Gasteiger partial charge in [-0.05, 0) is 0 Å². The zero-order valence-corrected chi connectivity index (χ0v) is 28.9. The summed E-state index contributed by atoms with van der Waals surface area (Å²) in [5.41, 5.74) is 9.81. The molecule has 0 aromatic carbocycles. The monoisotopic (exact) mass is 720 g/mol. The van der Waals surface area contributed by atoms with Gasteiger partial charge in [0.05, 0.1) is 52.9 Å². The van der Waals surface area contributed by atoms with Crippen LogP contribution in [-0.2, 0) is 19.2 Å². The van der Waals surface area contributed by atoms with Crippen LogP contribution in [0.1, 0.15) is 27.7 Å². The lowest BCUT2D eigenvalue weighted by Gasteiger charge is -1.94. The van der Waals surface area contributed by atoms with Crippen LogP contribution in [0.4, 0.5) is 0 Å². The molecule has 22 nitrogen and oxygen atoms in total. The third kappa shape index (κ3) is 378. The van der Waals surface area contributed by atoms with Crippen molar-refractivity contribution in [2.75, 3.05) is 118 Å². The molecular formula is C26H68N6O16. The van der Waals surface area contributed by atoms with Crippen LogP contribution in [0.15, 0.2) is 0 Å². The van der Waals surface area contributed by atoms with Crippen LogP contribution in [-0.4, -0.2) is 203 Å². The molecule has 0 unspecified atom stereocenters. The van der Waals surface area contributed by atoms with E-state index < -0.39 is 23.9 Å². The van der Waals surface area contributed by atoms with E-state index in [4.69, 9.17) is 91.9 Å². The van der Waals surface area contributed by atoms with Gasteiger partial charge in [-0.25, -0.2) is 0 Å². The number of hydrogen-bond acceptors (Lipinski definition) is 18.